The SMILES string of the molecule is CC1CC2CC(C)C(NC(=O)N3CCn4nc(-c5ccc(CC6(C)CC(NC(=O)N7CCN8N=C(c9cccc(F)c9)C(C(N)=O)C8C7)CC(C)(C)N6)c(F)c5)c(C(N)=O)c4C3)C(C1)C2. The molecular formula is C48H63F2N11O4. The van der Waals surface area contributed by atoms with Gasteiger partial charge in [-0.15, -0.1) is 0 Å². The Balaban J connectivity index is 0.859. The summed E-state index contributed by atoms with van der Waals surface area (Å²) in [6.07, 6.45) is 6.10. The number of piperidine rings is 1. The van der Waals surface area contributed by atoms with Gasteiger partial charge < -0.3 is 37.2 Å². The molecule has 2 aromatic carbocycles. The Hall–Kier alpha value is -5.58. The van der Waals surface area contributed by atoms with E-state index in [1.54, 1.807) is 43.8 Å². The van der Waals surface area contributed by atoms with E-state index in [2.05, 4.69) is 48.7 Å². The number of carbonyl (C=O) groups is 4. The van der Waals surface area contributed by atoms with Crippen LogP contribution in [-0.2, 0) is 24.3 Å². The number of hydrogen-bond donors (Lipinski definition) is 5. The Morgan fingerprint density at radius 1 is 0.877 bits per heavy atom. The minimum Gasteiger partial charge on any atom is -0.369 e. The first kappa shape index (κ1) is 44.6. The molecule has 9 atom stereocenters. The van der Waals surface area contributed by atoms with Crippen molar-refractivity contribution in [2.75, 3.05) is 26.2 Å². The maximum absolute atomic E-state index is 16.3. The Morgan fingerprint density at radius 2 is 1.65 bits per heavy atom. The number of amides is 6. The Kier molecular flexibility index (Phi) is 11.7. The number of carbonyl (C=O) groups excluding carboxylic acids is 4. The summed E-state index contributed by atoms with van der Waals surface area (Å²) in [5, 5.41) is 21.5. The molecule has 2 bridgehead atoms. The number of nitrogens with two attached hydrogens (primary N) is 2. The molecule has 2 saturated carbocycles. The van der Waals surface area contributed by atoms with Gasteiger partial charge in [-0.2, -0.15) is 10.2 Å². The molecule has 0 spiro atoms. The van der Waals surface area contributed by atoms with Gasteiger partial charge in [0.2, 0.25) is 5.91 Å². The molecule has 2 saturated heterocycles. The Bertz CT molecular complexity index is 2420. The molecule has 2 aliphatic carbocycles. The molecule has 9 unspecified atom stereocenters. The van der Waals surface area contributed by atoms with Crippen molar-refractivity contribution >= 4 is 29.6 Å². The number of rotatable bonds is 8. The first-order chi connectivity index (χ1) is 30.8. The summed E-state index contributed by atoms with van der Waals surface area (Å²) in [5.74, 6) is -0.763. The summed E-state index contributed by atoms with van der Waals surface area (Å²) in [4.78, 5) is 56.9. The van der Waals surface area contributed by atoms with Crippen molar-refractivity contribution in [2.24, 2.45) is 46.2 Å². The van der Waals surface area contributed by atoms with Crippen LogP contribution in [0.4, 0.5) is 18.4 Å². The number of primary amides is 2. The number of nitrogens with zero attached hydrogens (tertiary/aromatic N) is 6. The number of urea groups is 2. The van der Waals surface area contributed by atoms with Crippen LogP contribution >= 0.6 is 0 Å². The van der Waals surface area contributed by atoms with Crippen LogP contribution in [0, 0.1) is 41.2 Å². The minimum absolute atomic E-state index is 0.112. The number of piperazine rings is 1. The quantitative estimate of drug-likeness (QED) is 0.211. The zero-order valence-corrected chi connectivity index (χ0v) is 38.1. The average Bonchev–Trinajstić information content (AvgIpc) is 3.81. The van der Waals surface area contributed by atoms with Gasteiger partial charge in [-0.3, -0.25) is 19.3 Å². The lowest BCUT2D eigenvalue weighted by atomic mass is 9.63. The maximum atomic E-state index is 16.3. The van der Waals surface area contributed by atoms with Gasteiger partial charge in [0.25, 0.3) is 5.91 Å². The van der Waals surface area contributed by atoms with Crippen LogP contribution in [0.1, 0.15) is 100 Å². The highest BCUT2D eigenvalue weighted by molar-refractivity contribution is 6.14. The third-order valence-corrected chi connectivity index (χ3v) is 15.1. The Labute approximate surface area is 379 Å². The molecule has 4 aliphatic heterocycles. The van der Waals surface area contributed by atoms with Crippen molar-refractivity contribution in [3.05, 3.63) is 76.5 Å². The maximum Gasteiger partial charge on any atom is 0.318 e. The van der Waals surface area contributed by atoms with Crippen molar-refractivity contribution < 1.29 is 28.0 Å². The van der Waals surface area contributed by atoms with Gasteiger partial charge in [0.15, 0.2) is 0 Å². The van der Waals surface area contributed by atoms with Gasteiger partial charge in [-0.1, -0.05) is 38.1 Å². The lowest BCUT2D eigenvalue weighted by molar-refractivity contribution is -0.121. The van der Waals surface area contributed by atoms with E-state index in [0.29, 0.717) is 91.3 Å². The van der Waals surface area contributed by atoms with Crippen LogP contribution in [0.3, 0.4) is 0 Å². The lowest BCUT2D eigenvalue weighted by Crippen LogP contribution is -2.65. The molecule has 3 aromatic rings. The fourth-order valence-electron chi connectivity index (χ4n) is 12.7. The molecule has 0 radical (unpaired) electrons. The molecule has 6 amide bonds. The minimum atomic E-state index is -0.821. The van der Waals surface area contributed by atoms with Crippen molar-refractivity contribution in [3.63, 3.8) is 0 Å². The second-order valence-corrected chi connectivity index (χ2v) is 21.0. The summed E-state index contributed by atoms with van der Waals surface area (Å²) in [6.45, 7) is 12.6. The molecule has 6 aliphatic rings. The second kappa shape index (κ2) is 17.0. The van der Waals surface area contributed by atoms with Crippen molar-refractivity contribution in [1.82, 2.24) is 40.5 Å². The smallest absolute Gasteiger partial charge is 0.318 e. The summed E-state index contributed by atoms with van der Waals surface area (Å²) >= 11 is 0. The van der Waals surface area contributed by atoms with Gasteiger partial charge in [-0.25, -0.2) is 18.4 Å². The normalized spacial score (nSPS) is 30.5. The number of hydrazone groups is 1. The van der Waals surface area contributed by atoms with Crippen molar-refractivity contribution in [3.8, 4) is 11.3 Å². The summed E-state index contributed by atoms with van der Waals surface area (Å²) in [6, 6.07) is 9.72. The van der Waals surface area contributed by atoms with Crippen LogP contribution in [0.15, 0.2) is 47.6 Å². The fraction of sp³-hybridized carbons (Fsp3) is 0.583. The largest absolute Gasteiger partial charge is 0.369 e. The molecule has 7 N–H and O–H groups in total. The number of aromatic nitrogens is 2. The molecule has 15 nitrogen and oxygen atoms in total. The monoisotopic (exact) mass is 896 g/mol. The van der Waals surface area contributed by atoms with Gasteiger partial charge >= 0.3 is 12.1 Å². The predicted octanol–water partition coefficient (Wildman–Crippen LogP) is 4.96. The standard InChI is InChI=1S/C48H63F2N11O4/c1-26-15-28-17-27(2)40(32(16-26)18-28)54-46(65)59-12-14-61-37(25-59)39(44(52)63)42(56-61)30-9-10-31(35(50)20-30)21-48(5)23-34(22-47(3,4)57-48)53-45(64)58-11-13-60-36(24-58)38(43(51)62)41(55-60)29-7-6-8-33(49)19-29/h6-10,19-20,26-28,32,34,36,38,40,57H,11-18,21-25H2,1-5H3,(H2,51,62)(H2,52,63)(H,53,64)(H,54,65). The number of halogens is 2. The molecule has 9 rings (SSSR count). The van der Waals surface area contributed by atoms with Gasteiger partial charge in [0.1, 0.15) is 23.2 Å². The third kappa shape index (κ3) is 8.92. The third-order valence-electron chi connectivity index (χ3n) is 15.1. The highest BCUT2D eigenvalue weighted by Gasteiger charge is 2.47. The highest BCUT2D eigenvalue weighted by atomic mass is 19.1. The number of fused-ring (bicyclic) bond motifs is 4. The molecule has 17 heteroatoms. The average molecular weight is 896 g/mol. The van der Waals surface area contributed by atoms with E-state index in [9.17, 15) is 23.6 Å². The summed E-state index contributed by atoms with van der Waals surface area (Å²) < 4.78 is 32.2. The zero-order valence-electron chi connectivity index (χ0n) is 38.1. The molecule has 4 fully saturated rings. The van der Waals surface area contributed by atoms with Crippen LogP contribution < -0.4 is 27.4 Å². The van der Waals surface area contributed by atoms with E-state index in [1.807, 2.05) is 6.92 Å². The molecule has 65 heavy (non-hydrogen) atoms. The first-order valence-electron chi connectivity index (χ1n) is 23.3. The topological polar surface area (TPSA) is 196 Å². The Morgan fingerprint density at radius 3 is 2.38 bits per heavy atom. The predicted molar refractivity (Wildman–Crippen MR) is 241 cm³/mol. The summed E-state index contributed by atoms with van der Waals surface area (Å²) in [7, 11) is 0. The van der Waals surface area contributed by atoms with Gasteiger partial charge in [0, 0.05) is 53.9 Å². The highest BCUT2D eigenvalue weighted by Crippen LogP contribution is 2.45. The number of nitrogens with one attached hydrogen (secondary N) is 3. The van der Waals surface area contributed by atoms with E-state index in [0.717, 1.165) is 25.2 Å². The molecular weight excluding hydrogens is 833 g/mol. The molecule has 348 valence electrons. The second-order valence-electron chi connectivity index (χ2n) is 21.0. The van der Waals surface area contributed by atoms with Crippen LogP contribution in [0.2, 0.25) is 0 Å². The van der Waals surface area contributed by atoms with Crippen LogP contribution in [-0.4, -0.2) is 110 Å². The fourth-order valence-corrected chi connectivity index (χ4v) is 12.7. The van der Waals surface area contributed by atoms with E-state index < -0.39 is 46.5 Å². The van der Waals surface area contributed by atoms with Crippen LogP contribution in [0.25, 0.3) is 11.3 Å². The number of benzene rings is 2. The summed E-state index contributed by atoms with van der Waals surface area (Å²) in [5.41, 5.74) is 13.6. The van der Waals surface area contributed by atoms with E-state index in [4.69, 9.17) is 16.6 Å². The van der Waals surface area contributed by atoms with Gasteiger partial charge in [0.05, 0.1) is 42.6 Å². The van der Waals surface area contributed by atoms with Crippen molar-refractivity contribution in [2.45, 2.75) is 122 Å². The van der Waals surface area contributed by atoms with Crippen LogP contribution in [0.5, 0.6) is 0 Å². The first-order valence-corrected chi connectivity index (χ1v) is 23.3. The molecule has 1 aromatic heterocycles. The van der Waals surface area contributed by atoms with Crippen molar-refractivity contribution in [1.29, 1.82) is 0 Å². The van der Waals surface area contributed by atoms with E-state index >= 15 is 4.39 Å². The van der Waals surface area contributed by atoms with E-state index in [-0.39, 0.29) is 48.5 Å². The lowest BCUT2D eigenvalue weighted by Gasteiger charge is -2.49. The van der Waals surface area contributed by atoms with E-state index in [1.165, 1.54) is 24.6 Å². The van der Waals surface area contributed by atoms with Gasteiger partial charge in [-0.05, 0) is 113 Å². The zero-order chi connectivity index (χ0) is 46.1. The molecule has 5 heterocycles. The number of hydrogen-bond acceptors (Lipinski definition) is 8.